The second-order valence-electron chi connectivity index (χ2n) is 5.33. The third kappa shape index (κ3) is 4.12. The van der Waals surface area contributed by atoms with E-state index >= 15 is 0 Å². The minimum Gasteiger partial charge on any atom is -0.484 e. The number of rotatable bonds is 7. The maximum absolute atomic E-state index is 5.65. The van der Waals surface area contributed by atoms with Crippen LogP contribution in [0.3, 0.4) is 0 Å². The van der Waals surface area contributed by atoms with Gasteiger partial charge in [-0.25, -0.2) is 0 Å². The predicted octanol–water partition coefficient (Wildman–Crippen LogP) is 4.36. The Kier molecular flexibility index (Phi) is 4.98. The molecular formula is C17H14N4O3S2. The van der Waals surface area contributed by atoms with Crippen molar-refractivity contribution in [2.45, 2.75) is 24.5 Å². The van der Waals surface area contributed by atoms with Gasteiger partial charge >= 0.3 is 0 Å². The lowest BCUT2D eigenvalue weighted by Crippen LogP contribution is -1.95. The zero-order valence-corrected chi connectivity index (χ0v) is 15.4. The van der Waals surface area contributed by atoms with E-state index in [0.29, 0.717) is 28.6 Å². The lowest BCUT2D eigenvalue weighted by atomic mass is 10.2. The summed E-state index contributed by atoms with van der Waals surface area (Å²) in [7, 11) is 0. The molecule has 0 spiro atoms. The van der Waals surface area contributed by atoms with Crippen LogP contribution in [0.2, 0.25) is 0 Å². The molecule has 4 aromatic rings. The maximum Gasteiger partial charge on any atom is 0.277 e. The van der Waals surface area contributed by atoms with Crippen LogP contribution in [-0.4, -0.2) is 20.4 Å². The fourth-order valence-corrected chi connectivity index (χ4v) is 3.40. The van der Waals surface area contributed by atoms with Crippen LogP contribution in [-0.2, 0) is 12.4 Å². The summed E-state index contributed by atoms with van der Waals surface area (Å²) >= 11 is 2.89. The lowest BCUT2D eigenvalue weighted by molar-refractivity contribution is 0.252. The van der Waals surface area contributed by atoms with Crippen molar-refractivity contribution in [3.63, 3.8) is 0 Å². The molecule has 7 nitrogen and oxygen atoms in total. The standard InChI is InChI=1S/C17H14N4O3S2/c1-11-4-2-5-12(8-11)22-9-14-18-21-17(24-14)26-10-15-19-20-16(23-15)13-6-3-7-25-13/h2-8H,9-10H2,1H3. The summed E-state index contributed by atoms with van der Waals surface area (Å²) < 4.78 is 16.8. The molecule has 0 amide bonds. The highest BCUT2D eigenvalue weighted by atomic mass is 32.2. The van der Waals surface area contributed by atoms with Gasteiger partial charge in [0.05, 0.1) is 10.6 Å². The summed E-state index contributed by atoms with van der Waals surface area (Å²) in [6, 6.07) is 11.7. The van der Waals surface area contributed by atoms with Crippen molar-refractivity contribution in [3.05, 3.63) is 59.1 Å². The first-order valence-corrected chi connectivity index (χ1v) is 9.64. The van der Waals surface area contributed by atoms with Crippen LogP contribution in [0.15, 0.2) is 55.8 Å². The van der Waals surface area contributed by atoms with Crippen molar-refractivity contribution in [2.24, 2.45) is 0 Å². The minimum atomic E-state index is 0.222. The molecule has 3 aromatic heterocycles. The van der Waals surface area contributed by atoms with Gasteiger partial charge in [-0.05, 0) is 36.1 Å². The largest absolute Gasteiger partial charge is 0.484 e. The second kappa shape index (κ2) is 7.71. The molecule has 0 aliphatic heterocycles. The number of aromatic nitrogens is 4. The van der Waals surface area contributed by atoms with Crippen molar-refractivity contribution >= 4 is 23.1 Å². The Bertz CT molecular complexity index is 981. The first-order chi connectivity index (χ1) is 12.8. The Morgan fingerprint density at radius 1 is 1.04 bits per heavy atom. The van der Waals surface area contributed by atoms with E-state index in [9.17, 15) is 0 Å². The summed E-state index contributed by atoms with van der Waals surface area (Å²) in [5.74, 6) is 2.67. The van der Waals surface area contributed by atoms with Crippen LogP contribution in [0, 0.1) is 6.92 Å². The summed E-state index contributed by atoms with van der Waals surface area (Å²) in [5.41, 5.74) is 1.13. The van der Waals surface area contributed by atoms with Crippen molar-refractivity contribution in [3.8, 4) is 16.5 Å². The average Bonchev–Trinajstić information content (AvgIpc) is 3.39. The molecule has 9 heteroatoms. The highest BCUT2D eigenvalue weighted by Gasteiger charge is 2.12. The molecule has 0 radical (unpaired) electrons. The van der Waals surface area contributed by atoms with E-state index < -0.39 is 0 Å². The quantitative estimate of drug-likeness (QED) is 0.433. The number of hydrogen-bond donors (Lipinski definition) is 0. The number of hydrogen-bond acceptors (Lipinski definition) is 9. The van der Waals surface area contributed by atoms with Crippen LogP contribution in [0.4, 0.5) is 0 Å². The van der Waals surface area contributed by atoms with Crippen LogP contribution in [0.1, 0.15) is 17.3 Å². The van der Waals surface area contributed by atoms with E-state index in [4.69, 9.17) is 13.6 Å². The Morgan fingerprint density at radius 2 is 1.96 bits per heavy atom. The first kappa shape index (κ1) is 16.8. The average molecular weight is 386 g/mol. The Morgan fingerprint density at radius 3 is 2.81 bits per heavy atom. The van der Waals surface area contributed by atoms with Crippen LogP contribution < -0.4 is 4.74 Å². The van der Waals surface area contributed by atoms with Crippen LogP contribution in [0.5, 0.6) is 5.75 Å². The number of aryl methyl sites for hydroxylation is 1. The Labute approximate surface area is 157 Å². The number of thioether (sulfide) groups is 1. The van der Waals surface area contributed by atoms with Crippen molar-refractivity contribution in [1.29, 1.82) is 0 Å². The SMILES string of the molecule is Cc1cccc(OCc2nnc(SCc3nnc(-c4cccs4)o3)o2)c1. The van der Waals surface area contributed by atoms with E-state index in [1.165, 1.54) is 11.8 Å². The molecular weight excluding hydrogens is 372 g/mol. The summed E-state index contributed by atoms with van der Waals surface area (Å²) in [5, 5.41) is 18.5. The fraction of sp³-hybridized carbons (Fsp3) is 0.176. The smallest absolute Gasteiger partial charge is 0.277 e. The maximum atomic E-state index is 5.65. The minimum absolute atomic E-state index is 0.222. The van der Waals surface area contributed by atoms with Gasteiger partial charge < -0.3 is 13.6 Å². The third-order valence-electron chi connectivity index (χ3n) is 3.32. The molecule has 4 rings (SSSR count). The zero-order valence-electron chi connectivity index (χ0n) is 13.8. The summed E-state index contributed by atoms with van der Waals surface area (Å²) in [6.07, 6.45) is 0. The monoisotopic (exact) mass is 386 g/mol. The molecule has 1 aromatic carbocycles. The van der Waals surface area contributed by atoms with Crippen molar-refractivity contribution in [2.75, 3.05) is 0 Å². The van der Waals surface area contributed by atoms with Gasteiger partial charge in [-0.15, -0.1) is 31.7 Å². The van der Waals surface area contributed by atoms with Crippen molar-refractivity contribution < 1.29 is 13.6 Å². The highest BCUT2D eigenvalue weighted by molar-refractivity contribution is 7.98. The molecule has 0 fully saturated rings. The molecule has 0 atom stereocenters. The Balaban J connectivity index is 1.31. The molecule has 3 heterocycles. The van der Waals surface area contributed by atoms with Gasteiger partial charge in [0.25, 0.3) is 17.0 Å². The molecule has 0 N–H and O–H groups in total. The third-order valence-corrected chi connectivity index (χ3v) is 4.98. The highest BCUT2D eigenvalue weighted by Crippen LogP contribution is 2.26. The second-order valence-corrected chi connectivity index (χ2v) is 7.21. The van der Waals surface area contributed by atoms with E-state index in [1.807, 2.05) is 48.7 Å². The van der Waals surface area contributed by atoms with Crippen molar-refractivity contribution in [1.82, 2.24) is 20.4 Å². The van der Waals surface area contributed by atoms with Gasteiger partial charge in [0.1, 0.15) is 5.75 Å². The lowest BCUT2D eigenvalue weighted by Gasteiger charge is -2.03. The number of ether oxygens (including phenoxy) is 1. The number of nitrogens with zero attached hydrogens (tertiary/aromatic N) is 4. The van der Waals surface area contributed by atoms with E-state index in [0.717, 1.165) is 16.2 Å². The molecule has 0 bridgehead atoms. The van der Waals surface area contributed by atoms with Gasteiger partial charge in [-0.2, -0.15) is 0 Å². The molecule has 26 heavy (non-hydrogen) atoms. The van der Waals surface area contributed by atoms with Gasteiger partial charge in [0.15, 0.2) is 6.61 Å². The van der Waals surface area contributed by atoms with E-state index in [1.54, 1.807) is 11.3 Å². The van der Waals surface area contributed by atoms with Gasteiger partial charge in [-0.3, -0.25) is 0 Å². The number of benzene rings is 1. The predicted molar refractivity (Wildman–Crippen MR) is 97.0 cm³/mol. The topological polar surface area (TPSA) is 87.1 Å². The zero-order chi connectivity index (χ0) is 17.8. The first-order valence-electron chi connectivity index (χ1n) is 7.77. The molecule has 0 unspecified atom stereocenters. The fourth-order valence-electron chi connectivity index (χ4n) is 2.14. The molecule has 0 saturated carbocycles. The van der Waals surface area contributed by atoms with Crippen LogP contribution in [0.25, 0.3) is 10.8 Å². The van der Waals surface area contributed by atoms with Gasteiger partial charge in [0, 0.05) is 0 Å². The van der Waals surface area contributed by atoms with E-state index in [2.05, 4.69) is 20.4 Å². The van der Waals surface area contributed by atoms with Gasteiger partial charge in [0.2, 0.25) is 5.89 Å². The molecule has 0 aliphatic carbocycles. The van der Waals surface area contributed by atoms with E-state index in [-0.39, 0.29) is 6.61 Å². The molecule has 132 valence electrons. The summed E-state index contributed by atoms with van der Waals surface area (Å²) in [6.45, 7) is 2.23. The molecule has 0 saturated heterocycles. The molecule has 0 aliphatic rings. The number of thiophene rings is 1. The van der Waals surface area contributed by atoms with Crippen LogP contribution >= 0.6 is 23.1 Å². The van der Waals surface area contributed by atoms with Gasteiger partial charge in [-0.1, -0.05) is 30.0 Å². The Hall–Kier alpha value is -2.65. The normalized spacial score (nSPS) is 11.0. The summed E-state index contributed by atoms with van der Waals surface area (Å²) in [4.78, 5) is 0.946.